The molecule has 0 radical (unpaired) electrons. The number of hydrogen-bond acceptors (Lipinski definition) is 3. The van der Waals surface area contributed by atoms with Gasteiger partial charge in [0.1, 0.15) is 16.5 Å². The molecule has 19 heavy (non-hydrogen) atoms. The van der Waals surface area contributed by atoms with E-state index in [2.05, 4.69) is 0 Å². The fourth-order valence-corrected chi connectivity index (χ4v) is 2.94. The van der Waals surface area contributed by atoms with Crippen molar-refractivity contribution in [1.82, 2.24) is 4.31 Å². The molecule has 0 fully saturated rings. The molecule has 108 valence electrons. The summed E-state index contributed by atoms with van der Waals surface area (Å²) in [6.45, 7) is 4.08. The van der Waals surface area contributed by atoms with Crippen LogP contribution in [0.4, 0.5) is 14.5 Å². The molecule has 1 rings (SSSR count). The Morgan fingerprint density at radius 3 is 2.42 bits per heavy atom. The van der Waals surface area contributed by atoms with E-state index in [1.165, 1.54) is 7.05 Å². The lowest BCUT2D eigenvalue weighted by Gasteiger charge is -2.21. The summed E-state index contributed by atoms with van der Waals surface area (Å²) in [5.74, 6) is -1.97. The third-order valence-electron chi connectivity index (χ3n) is 3.01. The predicted octanol–water partition coefficient (Wildman–Crippen LogP) is 2.21. The molecule has 1 atom stereocenters. The molecule has 7 heteroatoms. The number of nitrogens with two attached hydrogens (primary N) is 1. The van der Waals surface area contributed by atoms with Gasteiger partial charge in [0.05, 0.1) is 5.69 Å². The lowest BCUT2D eigenvalue weighted by Crippen LogP contribution is -2.31. The van der Waals surface area contributed by atoms with Crippen LogP contribution >= 0.6 is 0 Å². The second-order valence-corrected chi connectivity index (χ2v) is 6.62. The highest BCUT2D eigenvalue weighted by atomic mass is 32.2. The first-order chi connectivity index (χ1) is 8.70. The molecule has 1 aromatic carbocycles. The number of nitrogens with zero attached hydrogens (tertiary/aromatic N) is 1. The topological polar surface area (TPSA) is 63.4 Å². The lowest BCUT2D eigenvalue weighted by atomic mass is 10.1. The van der Waals surface area contributed by atoms with Crippen LogP contribution in [0.3, 0.4) is 0 Å². The molecule has 1 unspecified atom stereocenters. The van der Waals surface area contributed by atoms with Gasteiger partial charge in [0.25, 0.3) is 0 Å². The summed E-state index contributed by atoms with van der Waals surface area (Å²) in [7, 11) is -2.64. The van der Waals surface area contributed by atoms with Crippen molar-refractivity contribution < 1.29 is 17.2 Å². The molecule has 4 nitrogen and oxygen atoms in total. The van der Waals surface area contributed by atoms with Crippen molar-refractivity contribution in [2.75, 3.05) is 19.3 Å². The van der Waals surface area contributed by atoms with Crippen molar-refractivity contribution in [3.63, 3.8) is 0 Å². The fourth-order valence-electron chi connectivity index (χ4n) is 1.58. The van der Waals surface area contributed by atoms with E-state index < -0.39 is 32.2 Å². The standard InChI is InChI=1S/C12H18F2N2O2S/c1-4-8(2)7-16(3)19(17,18)12-6-11(15)9(13)5-10(12)14/h5-6,8H,4,7,15H2,1-3H3. The summed E-state index contributed by atoms with van der Waals surface area (Å²) in [4.78, 5) is -0.600. The van der Waals surface area contributed by atoms with Gasteiger partial charge in [-0.05, 0) is 12.0 Å². The normalized spacial score (nSPS) is 13.8. The number of benzene rings is 1. The van der Waals surface area contributed by atoms with Gasteiger partial charge in [0.2, 0.25) is 10.0 Å². The van der Waals surface area contributed by atoms with E-state index in [0.29, 0.717) is 6.07 Å². The fraction of sp³-hybridized carbons (Fsp3) is 0.500. The van der Waals surface area contributed by atoms with E-state index in [0.717, 1.165) is 16.8 Å². The molecule has 0 aliphatic heterocycles. The second-order valence-electron chi connectivity index (χ2n) is 4.60. The zero-order valence-corrected chi connectivity index (χ0v) is 12.0. The average molecular weight is 292 g/mol. The Morgan fingerprint density at radius 2 is 1.89 bits per heavy atom. The van der Waals surface area contributed by atoms with Gasteiger partial charge in [-0.15, -0.1) is 0 Å². The molecule has 0 bridgehead atoms. The first-order valence-corrected chi connectivity index (χ1v) is 7.35. The van der Waals surface area contributed by atoms with Crippen LogP contribution in [0.25, 0.3) is 0 Å². The number of hydrogen-bond donors (Lipinski definition) is 1. The number of halogens is 2. The smallest absolute Gasteiger partial charge is 0.245 e. The van der Waals surface area contributed by atoms with Crippen LogP contribution in [-0.2, 0) is 10.0 Å². The zero-order chi connectivity index (χ0) is 14.8. The minimum Gasteiger partial charge on any atom is -0.396 e. The van der Waals surface area contributed by atoms with Crippen LogP contribution in [0, 0.1) is 17.6 Å². The number of nitrogen functional groups attached to an aromatic ring is 1. The Hall–Kier alpha value is -1.21. The Bertz CT molecular complexity index is 561. The Balaban J connectivity index is 3.17. The zero-order valence-electron chi connectivity index (χ0n) is 11.2. The minimum absolute atomic E-state index is 0.139. The Morgan fingerprint density at radius 1 is 1.32 bits per heavy atom. The molecule has 0 aliphatic rings. The van der Waals surface area contributed by atoms with Gasteiger partial charge in [-0.3, -0.25) is 0 Å². The van der Waals surface area contributed by atoms with Crippen LogP contribution in [-0.4, -0.2) is 26.3 Å². The van der Waals surface area contributed by atoms with Crippen molar-refractivity contribution >= 4 is 15.7 Å². The molecule has 0 aliphatic carbocycles. The lowest BCUT2D eigenvalue weighted by molar-refractivity contribution is 0.391. The predicted molar refractivity (Wildman–Crippen MR) is 70.0 cm³/mol. The molecule has 0 aromatic heterocycles. The quantitative estimate of drug-likeness (QED) is 0.846. The molecule has 0 heterocycles. The van der Waals surface area contributed by atoms with E-state index in [1.54, 1.807) is 0 Å². The Labute approximate surface area is 112 Å². The summed E-state index contributed by atoms with van der Waals surface area (Å²) >= 11 is 0. The summed E-state index contributed by atoms with van der Waals surface area (Å²) in [6.07, 6.45) is 0.800. The number of anilines is 1. The van der Waals surface area contributed by atoms with E-state index in [9.17, 15) is 17.2 Å². The molecule has 0 spiro atoms. The van der Waals surface area contributed by atoms with Crippen LogP contribution in [0.2, 0.25) is 0 Å². The van der Waals surface area contributed by atoms with E-state index in [4.69, 9.17) is 5.73 Å². The molecular formula is C12H18F2N2O2S. The first-order valence-electron chi connectivity index (χ1n) is 5.91. The number of sulfonamides is 1. The summed E-state index contributed by atoms with van der Waals surface area (Å²) < 4.78 is 52.0. The van der Waals surface area contributed by atoms with E-state index in [1.807, 2.05) is 13.8 Å². The highest BCUT2D eigenvalue weighted by Crippen LogP contribution is 2.24. The molecule has 0 saturated heterocycles. The van der Waals surface area contributed by atoms with Crippen molar-refractivity contribution in [3.05, 3.63) is 23.8 Å². The van der Waals surface area contributed by atoms with Gasteiger partial charge in [-0.25, -0.2) is 21.5 Å². The average Bonchev–Trinajstić information content (AvgIpc) is 2.33. The van der Waals surface area contributed by atoms with Crippen molar-refractivity contribution in [2.45, 2.75) is 25.2 Å². The highest BCUT2D eigenvalue weighted by Gasteiger charge is 2.26. The third-order valence-corrected chi connectivity index (χ3v) is 4.84. The Kier molecular flexibility index (Phi) is 4.86. The van der Waals surface area contributed by atoms with E-state index in [-0.39, 0.29) is 12.5 Å². The van der Waals surface area contributed by atoms with Crippen molar-refractivity contribution in [2.24, 2.45) is 5.92 Å². The first kappa shape index (κ1) is 15.8. The van der Waals surface area contributed by atoms with Crippen LogP contribution in [0.15, 0.2) is 17.0 Å². The molecular weight excluding hydrogens is 274 g/mol. The van der Waals surface area contributed by atoms with Gasteiger partial charge in [0, 0.05) is 19.7 Å². The maximum Gasteiger partial charge on any atom is 0.245 e. The van der Waals surface area contributed by atoms with Crippen molar-refractivity contribution in [1.29, 1.82) is 0 Å². The largest absolute Gasteiger partial charge is 0.396 e. The molecule has 2 N–H and O–H groups in total. The van der Waals surface area contributed by atoms with Crippen LogP contribution in [0.1, 0.15) is 20.3 Å². The van der Waals surface area contributed by atoms with Gasteiger partial charge in [-0.1, -0.05) is 20.3 Å². The molecule has 0 amide bonds. The molecule has 1 aromatic rings. The maximum absolute atomic E-state index is 13.6. The SMILES string of the molecule is CCC(C)CN(C)S(=O)(=O)c1cc(N)c(F)cc1F. The summed E-state index contributed by atoms with van der Waals surface area (Å²) in [6, 6.07) is 1.30. The minimum atomic E-state index is -4.00. The summed E-state index contributed by atoms with van der Waals surface area (Å²) in [5.41, 5.74) is 4.90. The molecule has 0 saturated carbocycles. The third kappa shape index (κ3) is 3.42. The van der Waals surface area contributed by atoms with Crippen molar-refractivity contribution in [3.8, 4) is 0 Å². The van der Waals surface area contributed by atoms with Gasteiger partial charge in [0.15, 0.2) is 0 Å². The van der Waals surface area contributed by atoms with Gasteiger partial charge in [-0.2, -0.15) is 0 Å². The van der Waals surface area contributed by atoms with Gasteiger partial charge < -0.3 is 5.73 Å². The summed E-state index contributed by atoms with van der Waals surface area (Å²) in [5, 5.41) is 0. The van der Waals surface area contributed by atoms with Gasteiger partial charge >= 0.3 is 0 Å². The second kappa shape index (κ2) is 5.83. The van der Waals surface area contributed by atoms with Crippen LogP contribution in [0.5, 0.6) is 0 Å². The number of rotatable bonds is 5. The van der Waals surface area contributed by atoms with E-state index >= 15 is 0 Å². The van der Waals surface area contributed by atoms with Crippen LogP contribution < -0.4 is 5.73 Å². The maximum atomic E-state index is 13.6. The highest BCUT2D eigenvalue weighted by molar-refractivity contribution is 7.89. The monoisotopic (exact) mass is 292 g/mol.